The lowest BCUT2D eigenvalue weighted by Crippen LogP contribution is -2.42. The number of fused-ring (bicyclic) bond motifs is 1. The van der Waals surface area contributed by atoms with Gasteiger partial charge in [-0.15, -0.1) is 11.3 Å². The zero-order chi connectivity index (χ0) is 16.5. The molecule has 0 bridgehead atoms. The van der Waals surface area contributed by atoms with Gasteiger partial charge in [0, 0.05) is 30.1 Å². The second kappa shape index (κ2) is 6.12. The summed E-state index contributed by atoms with van der Waals surface area (Å²) < 4.78 is 10.6. The van der Waals surface area contributed by atoms with Gasteiger partial charge in [0.1, 0.15) is 6.67 Å². The maximum atomic E-state index is 13.0. The number of carbonyl (C=O) groups excluding carboxylic acids is 2. The number of carbonyl (C=O) groups is 2. The first-order chi connectivity index (χ1) is 11.7. The molecule has 1 saturated heterocycles. The molecule has 0 saturated carbocycles. The van der Waals surface area contributed by atoms with Crippen molar-refractivity contribution in [3.63, 3.8) is 0 Å². The minimum Gasteiger partial charge on any atom is -0.454 e. The summed E-state index contributed by atoms with van der Waals surface area (Å²) in [6.45, 7) is 1.03. The Kier molecular flexibility index (Phi) is 3.81. The number of anilines is 1. The molecule has 0 radical (unpaired) electrons. The van der Waals surface area contributed by atoms with Crippen molar-refractivity contribution in [3.8, 4) is 11.5 Å². The van der Waals surface area contributed by atoms with E-state index in [1.54, 1.807) is 34.7 Å². The average molecular weight is 345 g/mol. The second-order valence-corrected chi connectivity index (χ2v) is 6.39. The number of benzene rings is 1. The monoisotopic (exact) mass is 345 g/mol. The van der Waals surface area contributed by atoms with Crippen molar-refractivity contribution >= 4 is 28.3 Å². The Morgan fingerprint density at radius 1 is 1.33 bits per heavy atom. The molecule has 0 atom stereocenters. The van der Waals surface area contributed by atoms with E-state index in [-0.39, 0.29) is 25.3 Å². The largest absolute Gasteiger partial charge is 0.454 e. The minimum absolute atomic E-state index is 0.0649. The van der Waals surface area contributed by atoms with Crippen molar-refractivity contribution in [2.45, 2.75) is 12.8 Å². The average Bonchev–Trinajstić information content (AvgIpc) is 3.33. The number of hydrogen-bond donors (Lipinski definition) is 0. The van der Waals surface area contributed by atoms with Gasteiger partial charge in [-0.05, 0) is 24.6 Å². The number of ether oxygens (including phenoxy) is 2. The Labute approximate surface area is 142 Å². The zero-order valence-corrected chi connectivity index (χ0v) is 13.6. The molecule has 1 aromatic carbocycles. The number of rotatable bonds is 4. The summed E-state index contributed by atoms with van der Waals surface area (Å²) in [6, 6.07) is 5.08. The highest BCUT2D eigenvalue weighted by Crippen LogP contribution is 2.33. The van der Waals surface area contributed by atoms with Crippen LogP contribution in [0.15, 0.2) is 29.8 Å². The summed E-state index contributed by atoms with van der Waals surface area (Å²) in [4.78, 5) is 32.4. The molecule has 0 aliphatic carbocycles. The molecule has 2 amide bonds. The van der Waals surface area contributed by atoms with Gasteiger partial charge in [-0.3, -0.25) is 14.5 Å². The van der Waals surface area contributed by atoms with Gasteiger partial charge in [0.25, 0.3) is 5.91 Å². The van der Waals surface area contributed by atoms with E-state index in [9.17, 15) is 9.59 Å². The highest BCUT2D eigenvalue weighted by molar-refractivity contribution is 7.13. The fourth-order valence-electron chi connectivity index (χ4n) is 2.77. The Hall–Kier alpha value is -2.61. The van der Waals surface area contributed by atoms with E-state index in [0.717, 1.165) is 6.42 Å². The molecular weight excluding hydrogens is 330 g/mol. The zero-order valence-electron chi connectivity index (χ0n) is 12.8. The molecule has 1 fully saturated rings. The fraction of sp³-hybridized carbons (Fsp3) is 0.312. The number of amides is 2. The lowest BCUT2D eigenvalue weighted by molar-refractivity contribution is -0.127. The Morgan fingerprint density at radius 3 is 2.96 bits per heavy atom. The molecule has 24 heavy (non-hydrogen) atoms. The van der Waals surface area contributed by atoms with Crippen molar-refractivity contribution < 1.29 is 19.1 Å². The van der Waals surface area contributed by atoms with E-state index < -0.39 is 0 Å². The lowest BCUT2D eigenvalue weighted by Gasteiger charge is -2.26. The first-order valence-corrected chi connectivity index (χ1v) is 8.49. The maximum absolute atomic E-state index is 13.0. The third-order valence-electron chi connectivity index (χ3n) is 4.00. The molecule has 4 rings (SSSR count). The summed E-state index contributed by atoms with van der Waals surface area (Å²) in [7, 11) is 0. The fourth-order valence-corrected chi connectivity index (χ4v) is 3.40. The molecule has 3 heterocycles. The van der Waals surface area contributed by atoms with E-state index in [4.69, 9.17) is 9.47 Å². The van der Waals surface area contributed by atoms with E-state index in [1.807, 2.05) is 0 Å². The molecule has 0 spiro atoms. The van der Waals surface area contributed by atoms with Crippen molar-refractivity contribution in [2.24, 2.45) is 0 Å². The van der Waals surface area contributed by atoms with Crippen LogP contribution in [-0.4, -0.2) is 41.7 Å². The molecule has 7 nitrogen and oxygen atoms in total. The molecule has 2 aliphatic rings. The number of thiazole rings is 1. The number of nitrogens with zero attached hydrogens (tertiary/aromatic N) is 3. The quantitative estimate of drug-likeness (QED) is 0.848. The molecule has 2 aromatic rings. The smallest absolute Gasteiger partial charge is 0.261 e. The second-order valence-electron chi connectivity index (χ2n) is 5.52. The summed E-state index contributed by atoms with van der Waals surface area (Å²) in [5.41, 5.74) is 0.473. The van der Waals surface area contributed by atoms with E-state index in [2.05, 4.69) is 4.98 Å². The molecule has 1 aromatic heterocycles. The number of aromatic nitrogens is 1. The van der Waals surface area contributed by atoms with Gasteiger partial charge in [-0.25, -0.2) is 4.98 Å². The number of hydrogen-bond acceptors (Lipinski definition) is 6. The maximum Gasteiger partial charge on any atom is 0.261 e. The van der Waals surface area contributed by atoms with Gasteiger partial charge in [-0.1, -0.05) is 0 Å². The molecular formula is C16H15N3O4S. The third kappa shape index (κ3) is 2.69. The van der Waals surface area contributed by atoms with Gasteiger partial charge in [-0.2, -0.15) is 0 Å². The van der Waals surface area contributed by atoms with Gasteiger partial charge < -0.3 is 14.4 Å². The van der Waals surface area contributed by atoms with Crippen LogP contribution in [0.5, 0.6) is 11.5 Å². The van der Waals surface area contributed by atoms with Crippen LogP contribution >= 0.6 is 11.3 Å². The van der Waals surface area contributed by atoms with E-state index in [1.165, 1.54) is 16.2 Å². The van der Waals surface area contributed by atoms with Crippen LogP contribution in [0.3, 0.4) is 0 Å². The Morgan fingerprint density at radius 2 is 2.21 bits per heavy atom. The predicted octanol–water partition coefficient (Wildman–Crippen LogP) is 2.10. The van der Waals surface area contributed by atoms with E-state index in [0.29, 0.717) is 35.2 Å². The SMILES string of the molecule is O=C1CCCN1CN(C(=O)c1ccc2c(c1)OCO2)c1nccs1. The summed E-state index contributed by atoms with van der Waals surface area (Å²) in [5, 5.41) is 2.37. The van der Waals surface area contributed by atoms with Crippen molar-refractivity contribution in [2.75, 3.05) is 24.9 Å². The van der Waals surface area contributed by atoms with Gasteiger partial charge in [0.15, 0.2) is 16.6 Å². The topological polar surface area (TPSA) is 72.0 Å². The van der Waals surface area contributed by atoms with Crippen LogP contribution in [0.2, 0.25) is 0 Å². The van der Waals surface area contributed by atoms with Crippen LogP contribution in [-0.2, 0) is 4.79 Å². The summed E-state index contributed by atoms with van der Waals surface area (Å²) in [6.07, 6.45) is 3.00. The molecule has 0 unspecified atom stereocenters. The molecule has 2 aliphatic heterocycles. The van der Waals surface area contributed by atoms with Gasteiger partial charge >= 0.3 is 0 Å². The minimum atomic E-state index is -0.219. The van der Waals surface area contributed by atoms with Crippen LogP contribution in [0.25, 0.3) is 0 Å². The third-order valence-corrected chi connectivity index (χ3v) is 4.79. The highest BCUT2D eigenvalue weighted by atomic mass is 32.1. The molecule has 124 valence electrons. The Balaban J connectivity index is 1.62. The predicted molar refractivity (Wildman–Crippen MR) is 87.3 cm³/mol. The van der Waals surface area contributed by atoms with Gasteiger partial charge in [0.05, 0.1) is 0 Å². The van der Waals surface area contributed by atoms with E-state index >= 15 is 0 Å². The highest BCUT2D eigenvalue weighted by Gasteiger charge is 2.28. The standard InChI is InChI=1S/C16H15N3O4S/c20-14-2-1-6-18(14)9-19(16-17-5-7-24-16)15(21)11-3-4-12-13(8-11)23-10-22-12/h3-5,7-8H,1-2,6,9-10H2. The van der Waals surface area contributed by atoms with Crippen LogP contribution < -0.4 is 14.4 Å². The molecule has 8 heteroatoms. The van der Waals surface area contributed by atoms with Crippen molar-refractivity contribution in [3.05, 3.63) is 35.3 Å². The lowest BCUT2D eigenvalue weighted by atomic mass is 10.2. The van der Waals surface area contributed by atoms with Crippen molar-refractivity contribution in [1.29, 1.82) is 0 Å². The molecule has 0 N–H and O–H groups in total. The summed E-state index contributed by atoms with van der Waals surface area (Å²) >= 11 is 1.36. The summed E-state index contributed by atoms with van der Waals surface area (Å²) in [5.74, 6) is 1.03. The van der Waals surface area contributed by atoms with Crippen LogP contribution in [0.1, 0.15) is 23.2 Å². The number of likely N-dealkylation sites (tertiary alicyclic amines) is 1. The Bertz CT molecular complexity index is 778. The van der Waals surface area contributed by atoms with Crippen molar-refractivity contribution in [1.82, 2.24) is 9.88 Å². The first-order valence-electron chi connectivity index (χ1n) is 7.61. The first kappa shape index (κ1) is 14.9. The van der Waals surface area contributed by atoms with Crippen LogP contribution in [0, 0.1) is 0 Å². The van der Waals surface area contributed by atoms with Crippen LogP contribution in [0.4, 0.5) is 5.13 Å². The van der Waals surface area contributed by atoms with Gasteiger partial charge in [0.2, 0.25) is 12.7 Å². The normalized spacial score (nSPS) is 15.8.